The first kappa shape index (κ1) is 26.7. The Morgan fingerprint density at radius 3 is 2.49 bits per heavy atom. The number of nitriles is 1. The van der Waals surface area contributed by atoms with Crippen LogP contribution in [-0.2, 0) is 10.9 Å². The highest BCUT2D eigenvalue weighted by Crippen LogP contribution is 2.41. The van der Waals surface area contributed by atoms with E-state index in [1.807, 2.05) is 19.9 Å². The summed E-state index contributed by atoms with van der Waals surface area (Å²) in [6.45, 7) is 9.43. The number of halogens is 4. The third kappa shape index (κ3) is 5.34. The fourth-order valence-corrected chi connectivity index (χ4v) is 4.75. The predicted octanol–water partition coefficient (Wildman–Crippen LogP) is 5.30. The number of aromatic nitrogens is 4. The molecule has 0 aliphatic carbocycles. The number of alkyl halides is 3. The van der Waals surface area contributed by atoms with Crippen molar-refractivity contribution in [1.29, 1.82) is 5.26 Å². The van der Waals surface area contributed by atoms with Gasteiger partial charge in [0, 0.05) is 31.4 Å². The van der Waals surface area contributed by atoms with Crippen molar-refractivity contribution in [2.75, 3.05) is 18.0 Å². The minimum Gasteiger partial charge on any atom is -0.444 e. The number of anilines is 1. The minimum absolute atomic E-state index is 0.00115. The minimum atomic E-state index is -4.71. The molecule has 2 atom stereocenters. The zero-order valence-corrected chi connectivity index (χ0v) is 22.4. The van der Waals surface area contributed by atoms with Gasteiger partial charge < -0.3 is 14.5 Å². The number of rotatable bonds is 2. The molecule has 0 radical (unpaired) electrons. The number of amides is 1. The molecule has 1 aliphatic heterocycles. The number of ether oxygens (including phenoxy) is 1. The molecule has 0 N–H and O–H groups in total. The van der Waals surface area contributed by atoms with Gasteiger partial charge in [-0.15, -0.1) is 0 Å². The summed E-state index contributed by atoms with van der Waals surface area (Å²) in [7, 11) is 0. The van der Waals surface area contributed by atoms with Crippen LogP contribution in [0.15, 0.2) is 29.3 Å². The molecule has 0 aromatic carbocycles. The average molecular weight is 580 g/mol. The fraction of sp³-hybridized carbons (Fsp3) is 0.458. The first-order valence-corrected chi connectivity index (χ1v) is 12.3. The number of hydrogen-bond donors (Lipinski definition) is 0. The lowest BCUT2D eigenvalue weighted by Crippen LogP contribution is -2.59. The van der Waals surface area contributed by atoms with E-state index in [-0.39, 0.29) is 53.4 Å². The van der Waals surface area contributed by atoms with E-state index in [1.54, 1.807) is 30.6 Å². The highest BCUT2D eigenvalue weighted by molar-refractivity contribution is 9.10. The number of piperazine rings is 1. The molecule has 1 aliphatic rings. The molecule has 1 saturated heterocycles. The monoisotopic (exact) mass is 579 g/mol. The summed E-state index contributed by atoms with van der Waals surface area (Å²) >= 11 is 3.21. The second kappa shape index (κ2) is 9.48. The van der Waals surface area contributed by atoms with Gasteiger partial charge in [0.25, 0.3) is 0 Å². The molecule has 37 heavy (non-hydrogen) atoms. The summed E-state index contributed by atoms with van der Waals surface area (Å²) in [5.41, 5.74) is -1.37. The Morgan fingerprint density at radius 1 is 1.16 bits per heavy atom. The quantitative estimate of drug-likeness (QED) is 0.379. The van der Waals surface area contributed by atoms with Crippen LogP contribution in [0.1, 0.15) is 45.7 Å². The Kier molecular flexibility index (Phi) is 6.83. The maximum absolute atomic E-state index is 14.3. The van der Waals surface area contributed by atoms with Gasteiger partial charge in [0.2, 0.25) is 0 Å². The van der Waals surface area contributed by atoms with Gasteiger partial charge in [0.1, 0.15) is 28.2 Å². The average Bonchev–Trinajstić information content (AvgIpc) is 3.19. The van der Waals surface area contributed by atoms with Gasteiger partial charge in [-0.2, -0.15) is 18.4 Å². The topological polar surface area (TPSA) is 100 Å². The van der Waals surface area contributed by atoms with Crippen molar-refractivity contribution < 1.29 is 22.7 Å². The van der Waals surface area contributed by atoms with Crippen LogP contribution < -0.4 is 4.90 Å². The van der Waals surface area contributed by atoms with E-state index < -0.39 is 23.4 Å². The second-order valence-electron chi connectivity index (χ2n) is 9.94. The Hall–Kier alpha value is -3.40. The first-order valence-electron chi connectivity index (χ1n) is 11.5. The van der Waals surface area contributed by atoms with Crippen LogP contribution in [0, 0.1) is 11.3 Å². The van der Waals surface area contributed by atoms with Crippen molar-refractivity contribution in [3.63, 3.8) is 0 Å². The molecule has 196 valence electrons. The molecule has 1 fully saturated rings. The number of carbonyl (C=O) groups excluding carboxylic acids is 1. The first-order chi connectivity index (χ1) is 17.2. The highest BCUT2D eigenvalue weighted by Gasteiger charge is 2.40. The third-order valence-electron chi connectivity index (χ3n) is 5.91. The van der Waals surface area contributed by atoms with Crippen molar-refractivity contribution in [3.8, 4) is 11.9 Å². The maximum atomic E-state index is 14.3. The zero-order chi connectivity index (χ0) is 27.3. The summed E-state index contributed by atoms with van der Waals surface area (Å²) < 4.78 is 49.9. The molecular formula is C24H25BrF3N7O2. The van der Waals surface area contributed by atoms with Gasteiger partial charge >= 0.3 is 12.3 Å². The van der Waals surface area contributed by atoms with Crippen LogP contribution in [0.5, 0.6) is 0 Å². The zero-order valence-electron chi connectivity index (χ0n) is 20.8. The van der Waals surface area contributed by atoms with Crippen molar-refractivity contribution in [3.05, 3.63) is 40.4 Å². The Morgan fingerprint density at radius 2 is 1.86 bits per heavy atom. The lowest BCUT2D eigenvalue weighted by molar-refractivity contribution is -0.136. The van der Waals surface area contributed by atoms with Crippen molar-refractivity contribution in [1.82, 2.24) is 24.4 Å². The smallest absolute Gasteiger partial charge is 0.418 e. The van der Waals surface area contributed by atoms with E-state index in [0.717, 1.165) is 6.20 Å². The van der Waals surface area contributed by atoms with Gasteiger partial charge in [0.05, 0.1) is 22.6 Å². The maximum Gasteiger partial charge on any atom is 0.418 e. The molecule has 4 rings (SSSR count). The molecule has 13 heteroatoms. The van der Waals surface area contributed by atoms with E-state index in [1.165, 1.54) is 23.0 Å². The van der Waals surface area contributed by atoms with E-state index in [0.29, 0.717) is 4.60 Å². The van der Waals surface area contributed by atoms with Crippen LogP contribution in [-0.4, -0.2) is 61.3 Å². The van der Waals surface area contributed by atoms with Gasteiger partial charge in [-0.3, -0.25) is 4.57 Å². The van der Waals surface area contributed by atoms with Gasteiger partial charge in [-0.1, -0.05) is 0 Å². The number of nitrogens with zero attached hydrogens (tertiary/aromatic N) is 7. The molecule has 1 unspecified atom stereocenters. The SMILES string of the molecule is CC1CN(C(=O)OC(C)(C)C)[C@@H](C)CN1c1ncnc2c1c(C(F)(F)F)cn2-c1cc(C#N)cc(Br)n1. The molecule has 3 aromatic heterocycles. The number of fused-ring (bicyclic) bond motifs is 1. The lowest BCUT2D eigenvalue weighted by Gasteiger charge is -2.44. The van der Waals surface area contributed by atoms with Crippen molar-refractivity contribution in [2.24, 2.45) is 0 Å². The fourth-order valence-electron chi connectivity index (χ4n) is 4.32. The van der Waals surface area contributed by atoms with E-state index >= 15 is 0 Å². The van der Waals surface area contributed by atoms with E-state index in [2.05, 4.69) is 30.9 Å². The molecular weight excluding hydrogens is 555 g/mol. The molecule has 9 nitrogen and oxygen atoms in total. The molecule has 0 saturated carbocycles. The van der Waals surface area contributed by atoms with Crippen LogP contribution in [0.4, 0.5) is 23.8 Å². The molecule has 4 heterocycles. The standard InChI is InChI=1S/C24H25BrF3N7O2/c1-13-10-34(22(36)37-23(3,4)5)14(2)9-33(13)20-19-16(24(26,27)28)11-35(21(19)31-12-30-20)18-7-15(8-29)6-17(25)32-18/h6-7,11-14H,9-10H2,1-5H3/t13?,14-/m0/s1. The lowest BCUT2D eigenvalue weighted by atomic mass is 10.1. The summed E-state index contributed by atoms with van der Waals surface area (Å²) in [4.78, 5) is 28.7. The molecule has 1 amide bonds. The second-order valence-corrected chi connectivity index (χ2v) is 10.8. The molecule has 0 bridgehead atoms. The van der Waals surface area contributed by atoms with Gasteiger partial charge in [-0.25, -0.2) is 19.7 Å². The summed E-state index contributed by atoms with van der Waals surface area (Å²) in [5.74, 6) is 0.210. The van der Waals surface area contributed by atoms with Crippen LogP contribution in [0.25, 0.3) is 16.9 Å². The highest BCUT2D eigenvalue weighted by atomic mass is 79.9. The normalized spacial score (nSPS) is 18.7. The Bertz CT molecular complexity index is 1390. The summed E-state index contributed by atoms with van der Waals surface area (Å²) in [5, 5.41) is 9.13. The Labute approximate surface area is 220 Å². The van der Waals surface area contributed by atoms with Crippen LogP contribution in [0.3, 0.4) is 0 Å². The van der Waals surface area contributed by atoms with Gasteiger partial charge in [0.15, 0.2) is 5.65 Å². The van der Waals surface area contributed by atoms with E-state index in [9.17, 15) is 23.2 Å². The van der Waals surface area contributed by atoms with Gasteiger partial charge in [-0.05, 0) is 62.7 Å². The number of carbonyl (C=O) groups is 1. The number of hydrogen-bond acceptors (Lipinski definition) is 7. The van der Waals surface area contributed by atoms with Crippen LogP contribution in [0.2, 0.25) is 0 Å². The number of pyridine rings is 1. The van der Waals surface area contributed by atoms with Crippen LogP contribution >= 0.6 is 15.9 Å². The van der Waals surface area contributed by atoms with E-state index in [4.69, 9.17) is 4.74 Å². The predicted molar refractivity (Wildman–Crippen MR) is 133 cm³/mol. The third-order valence-corrected chi connectivity index (χ3v) is 6.32. The van der Waals surface area contributed by atoms with Crippen molar-refractivity contribution >= 4 is 38.9 Å². The summed E-state index contributed by atoms with van der Waals surface area (Å²) in [6.07, 6.45) is -3.06. The summed E-state index contributed by atoms with van der Waals surface area (Å²) in [6, 6.07) is 4.12. The molecule has 0 spiro atoms. The molecule has 3 aromatic rings. The van der Waals surface area contributed by atoms with Crippen molar-refractivity contribution in [2.45, 2.75) is 58.5 Å². The largest absolute Gasteiger partial charge is 0.444 e. The Balaban J connectivity index is 1.82.